The number of aromatic nitrogens is 1. The molecule has 0 atom stereocenters. The highest BCUT2D eigenvalue weighted by atomic mass is 32.1. The summed E-state index contributed by atoms with van der Waals surface area (Å²) in [4.78, 5) is 14.3. The van der Waals surface area contributed by atoms with Gasteiger partial charge in [0.1, 0.15) is 0 Å². The maximum atomic E-state index is 12.3. The van der Waals surface area contributed by atoms with E-state index in [2.05, 4.69) is 4.98 Å². The second kappa shape index (κ2) is 3.54. The van der Waals surface area contributed by atoms with Crippen LogP contribution in [0.1, 0.15) is 21.8 Å². The molecular formula is C9H5F2NO2S. The fourth-order valence-electron chi connectivity index (χ4n) is 1.17. The van der Waals surface area contributed by atoms with Crippen LogP contribution in [-0.4, -0.2) is 16.1 Å². The molecular weight excluding hydrogens is 224 g/mol. The summed E-state index contributed by atoms with van der Waals surface area (Å²) in [6.07, 6.45) is -2.62. The van der Waals surface area contributed by atoms with Gasteiger partial charge in [-0.15, -0.1) is 11.3 Å². The van der Waals surface area contributed by atoms with Crippen molar-refractivity contribution in [2.45, 2.75) is 6.43 Å². The first-order chi connectivity index (χ1) is 7.08. The average Bonchev–Trinajstić information content (AvgIpc) is 2.59. The summed E-state index contributed by atoms with van der Waals surface area (Å²) in [5, 5.41) is 8.40. The van der Waals surface area contributed by atoms with Crippen LogP contribution in [-0.2, 0) is 0 Å². The number of hydrogen-bond acceptors (Lipinski definition) is 3. The first-order valence-electron chi connectivity index (χ1n) is 4.00. The lowest BCUT2D eigenvalue weighted by atomic mass is 10.2. The Morgan fingerprint density at radius 1 is 1.47 bits per heavy atom. The molecule has 0 fully saturated rings. The Morgan fingerprint density at radius 2 is 2.20 bits per heavy atom. The van der Waals surface area contributed by atoms with Crippen LogP contribution in [0.4, 0.5) is 8.78 Å². The normalized spacial score (nSPS) is 11.1. The zero-order valence-corrected chi connectivity index (χ0v) is 8.09. The molecule has 2 rings (SSSR count). The molecule has 0 aliphatic rings. The highest BCUT2D eigenvalue weighted by molar-refractivity contribution is 7.18. The predicted molar refractivity (Wildman–Crippen MR) is 51.5 cm³/mol. The van der Waals surface area contributed by atoms with Gasteiger partial charge < -0.3 is 5.11 Å². The minimum atomic E-state index is -2.62. The Labute approximate surface area is 87.0 Å². The van der Waals surface area contributed by atoms with Crippen molar-refractivity contribution in [2.24, 2.45) is 0 Å². The maximum Gasteiger partial charge on any atom is 0.335 e. The molecule has 0 saturated carbocycles. The number of carboxylic acid groups (broad SMARTS) is 1. The molecule has 0 aliphatic carbocycles. The van der Waals surface area contributed by atoms with Gasteiger partial charge in [0.2, 0.25) is 0 Å². The molecule has 0 radical (unpaired) electrons. The molecule has 0 unspecified atom stereocenters. The molecule has 15 heavy (non-hydrogen) atoms. The summed E-state index contributed by atoms with van der Waals surface area (Å²) in [6.45, 7) is 0. The quantitative estimate of drug-likeness (QED) is 0.861. The van der Waals surface area contributed by atoms with Gasteiger partial charge in [0.05, 0.1) is 15.8 Å². The molecule has 0 bridgehead atoms. The van der Waals surface area contributed by atoms with E-state index in [1.54, 1.807) is 0 Å². The Balaban J connectivity index is 2.57. The van der Waals surface area contributed by atoms with E-state index in [1.807, 2.05) is 0 Å². The Hall–Kier alpha value is -1.56. The molecule has 2 aromatic rings. The van der Waals surface area contributed by atoms with E-state index in [0.717, 1.165) is 11.3 Å². The Bertz CT molecular complexity index is 524. The van der Waals surface area contributed by atoms with Crippen molar-refractivity contribution in [1.29, 1.82) is 0 Å². The van der Waals surface area contributed by atoms with Crippen LogP contribution in [0, 0.1) is 0 Å². The minimum absolute atomic E-state index is 0.0496. The highest BCUT2D eigenvalue weighted by Gasteiger charge is 2.14. The topological polar surface area (TPSA) is 50.2 Å². The lowest BCUT2D eigenvalue weighted by Crippen LogP contribution is -1.94. The average molecular weight is 229 g/mol. The molecule has 6 heteroatoms. The molecule has 3 nitrogen and oxygen atoms in total. The van der Waals surface area contributed by atoms with Crippen LogP contribution in [0.2, 0.25) is 0 Å². The number of aromatic carboxylic acids is 1. The van der Waals surface area contributed by atoms with E-state index < -0.39 is 12.4 Å². The van der Waals surface area contributed by atoms with E-state index >= 15 is 0 Å². The summed E-state index contributed by atoms with van der Waals surface area (Å²) in [5.41, 5.74) is 0.351. The molecule has 0 saturated heterocycles. The maximum absolute atomic E-state index is 12.3. The lowest BCUT2D eigenvalue weighted by Gasteiger charge is -1.91. The van der Waals surface area contributed by atoms with Gasteiger partial charge in [0.15, 0.2) is 5.01 Å². The van der Waals surface area contributed by atoms with E-state index in [1.165, 1.54) is 18.2 Å². The third kappa shape index (κ3) is 1.80. The Kier molecular flexibility index (Phi) is 2.36. The smallest absolute Gasteiger partial charge is 0.335 e. The number of benzene rings is 1. The van der Waals surface area contributed by atoms with Crippen molar-refractivity contribution in [2.75, 3.05) is 0 Å². The standard InChI is InChI=1S/C9H5F2NO2S/c10-7(11)8-12-5-3-4(9(13)14)1-2-6(5)15-8/h1-3,7H,(H,13,14). The SMILES string of the molecule is O=C(O)c1ccc2sc(C(F)F)nc2c1. The molecule has 0 amide bonds. The number of alkyl halides is 2. The van der Waals surface area contributed by atoms with Crippen LogP contribution in [0.5, 0.6) is 0 Å². The van der Waals surface area contributed by atoms with Gasteiger partial charge >= 0.3 is 5.97 Å². The van der Waals surface area contributed by atoms with Gasteiger partial charge in [-0.3, -0.25) is 0 Å². The summed E-state index contributed by atoms with van der Waals surface area (Å²) < 4.78 is 25.2. The summed E-state index contributed by atoms with van der Waals surface area (Å²) >= 11 is 0.872. The van der Waals surface area contributed by atoms with Crippen molar-refractivity contribution in [1.82, 2.24) is 4.98 Å². The molecule has 0 aliphatic heterocycles. The number of thiazole rings is 1. The number of halogens is 2. The minimum Gasteiger partial charge on any atom is -0.478 e. The fourth-order valence-corrected chi connectivity index (χ4v) is 1.98. The third-order valence-corrected chi connectivity index (χ3v) is 2.88. The fraction of sp³-hybridized carbons (Fsp3) is 0.111. The van der Waals surface area contributed by atoms with E-state index in [0.29, 0.717) is 10.2 Å². The van der Waals surface area contributed by atoms with Gasteiger partial charge in [0, 0.05) is 0 Å². The number of carboxylic acids is 1. The van der Waals surface area contributed by atoms with Crippen molar-refractivity contribution in [3.63, 3.8) is 0 Å². The van der Waals surface area contributed by atoms with Crippen LogP contribution in [0.15, 0.2) is 18.2 Å². The van der Waals surface area contributed by atoms with Crippen molar-refractivity contribution >= 4 is 27.5 Å². The first kappa shape index (κ1) is 9.97. The number of fused-ring (bicyclic) bond motifs is 1. The summed E-state index contributed by atoms with van der Waals surface area (Å²) in [6, 6.07) is 4.15. The van der Waals surface area contributed by atoms with Gasteiger partial charge in [-0.25, -0.2) is 18.6 Å². The predicted octanol–water partition coefficient (Wildman–Crippen LogP) is 2.93. The molecule has 1 heterocycles. The summed E-state index contributed by atoms with van der Waals surface area (Å²) in [5.74, 6) is -1.09. The van der Waals surface area contributed by atoms with Crippen molar-refractivity contribution in [3.8, 4) is 0 Å². The second-order valence-electron chi connectivity index (χ2n) is 2.84. The van der Waals surface area contributed by atoms with E-state index in [4.69, 9.17) is 5.11 Å². The van der Waals surface area contributed by atoms with Crippen molar-refractivity contribution < 1.29 is 18.7 Å². The lowest BCUT2D eigenvalue weighted by molar-refractivity contribution is 0.0697. The van der Waals surface area contributed by atoms with Crippen LogP contribution in [0.25, 0.3) is 10.2 Å². The van der Waals surface area contributed by atoms with E-state index in [9.17, 15) is 13.6 Å². The van der Waals surface area contributed by atoms with Gasteiger partial charge in [-0.05, 0) is 18.2 Å². The van der Waals surface area contributed by atoms with E-state index in [-0.39, 0.29) is 10.6 Å². The molecule has 1 N–H and O–H groups in total. The first-order valence-corrected chi connectivity index (χ1v) is 4.81. The van der Waals surface area contributed by atoms with Crippen LogP contribution >= 0.6 is 11.3 Å². The molecule has 1 aromatic carbocycles. The third-order valence-electron chi connectivity index (χ3n) is 1.84. The largest absolute Gasteiger partial charge is 0.478 e. The number of carbonyl (C=O) groups is 1. The van der Waals surface area contributed by atoms with Gasteiger partial charge in [0.25, 0.3) is 6.43 Å². The highest BCUT2D eigenvalue weighted by Crippen LogP contribution is 2.29. The summed E-state index contributed by atoms with van der Waals surface area (Å²) in [7, 11) is 0. The number of rotatable bonds is 2. The zero-order valence-electron chi connectivity index (χ0n) is 7.28. The number of hydrogen-bond donors (Lipinski definition) is 1. The van der Waals surface area contributed by atoms with Gasteiger partial charge in [-0.2, -0.15) is 0 Å². The second-order valence-corrected chi connectivity index (χ2v) is 3.90. The molecule has 78 valence electrons. The van der Waals surface area contributed by atoms with Crippen LogP contribution < -0.4 is 0 Å². The van der Waals surface area contributed by atoms with Gasteiger partial charge in [-0.1, -0.05) is 0 Å². The zero-order chi connectivity index (χ0) is 11.0. The van der Waals surface area contributed by atoms with Crippen molar-refractivity contribution in [3.05, 3.63) is 28.8 Å². The Morgan fingerprint density at radius 3 is 2.80 bits per heavy atom. The molecule has 0 spiro atoms. The monoisotopic (exact) mass is 229 g/mol. The molecule has 1 aromatic heterocycles. The number of nitrogens with zero attached hydrogens (tertiary/aromatic N) is 1. The van der Waals surface area contributed by atoms with Crippen LogP contribution in [0.3, 0.4) is 0 Å².